The van der Waals surface area contributed by atoms with Gasteiger partial charge in [-0.05, 0) is 72.1 Å². The van der Waals surface area contributed by atoms with Crippen molar-refractivity contribution in [3.63, 3.8) is 0 Å². The van der Waals surface area contributed by atoms with Crippen LogP contribution in [0.15, 0.2) is 18.2 Å². The van der Waals surface area contributed by atoms with Crippen LogP contribution in [-0.4, -0.2) is 5.11 Å². The molecular weight excluding hydrogens is 244 g/mol. The Balaban J connectivity index is 1.96. The minimum absolute atomic E-state index is 0.434. The number of phenolic OH excluding ortho intramolecular Hbond substituents is 1. The summed E-state index contributed by atoms with van der Waals surface area (Å²) in [6, 6.07) is 6.08. The maximum Gasteiger partial charge on any atom is 0.115 e. The fourth-order valence-corrected chi connectivity index (χ4v) is 5.20. The number of phenols is 1. The Bertz CT molecular complexity index is 493. The van der Waals surface area contributed by atoms with Crippen LogP contribution in [0, 0.1) is 17.3 Å². The molecule has 3 unspecified atom stereocenters. The third-order valence-electron chi connectivity index (χ3n) is 6.48. The second-order valence-electron chi connectivity index (χ2n) is 7.25. The smallest absolute Gasteiger partial charge is 0.115 e. The monoisotopic (exact) mass is 272 g/mol. The minimum atomic E-state index is 0.434. The summed E-state index contributed by atoms with van der Waals surface area (Å²) in [5.41, 5.74) is 3.49. The van der Waals surface area contributed by atoms with Crippen molar-refractivity contribution in [2.75, 3.05) is 0 Å². The number of aryl methyl sites for hydroxylation is 1. The van der Waals surface area contributed by atoms with Gasteiger partial charge in [0.1, 0.15) is 5.75 Å². The van der Waals surface area contributed by atoms with E-state index in [1.807, 2.05) is 12.1 Å². The number of benzene rings is 1. The molecule has 0 saturated heterocycles. The van der Waals surface area contributed by atoms with E-state index in [1.165, 1.54) is 43.2 Å². The van der Waals surface area contributed by atoms with Crippen molar-refractivity contribution in [1.82, 2.24) is 0 Å². The fourth-order valence-electron chi connectivity index (χ4n) is 5.20. The Kier molecular flexibility index (Phi) is 3.56. The van der Waals surface area contributed by atoms with Gasteiger partial charge in [0, 0.05) is 0 Å². The molecule has 2 aliphatic carbocycles. The first-order chi connectivity index (χ1) is 9.59. The van der Waals surface area contributed by atoms with Crippen LogP contribution >= 0.6 is 0 Å². The second kappa shape index (κ2) is 5.09. The number of fused-ring (bicyclic) bond motifs is 3. The van der Waals surface area contributed by atoms with Crippen molar-refractivity contribution < 1.29 is 5.11 Å². The predicted molar refractivity (Wildman–Crippen MR) is 84.1 cm³/mol. The molecule has 0 bridgehead atoms. The molecule has 1 saturated carbocycles. The minimum Gasteiger partial charge on any atom is -0.508 e. The molecule has 0 aromatic heterocycles. The van der Waals surface area contributed by atoms with Crippen molar-refractivity contribution in [2.24, 2.45) is 17.3 Å². The first kappa shape index (κ1) is 14.0. The van der Waals surface area contributed by atoms with E-state index < -0.39 is 0 Å². The topological polar surface area (TPSA) is 20.2 Å². The van der Waals surface area contributed by atoms with E-state index in [4.69, 9.17) is 0 Å². The van der Waals surface area contributed by atoms with Gasteiger partial charge in [0.15, 0.2) is 0 Å². The van der Waals surface area contributed by atoms with E-state index in [0.717, 1.165) is 24.2 Å². The summed E-state index contributed by atoms with van der Waals surface area (Å²) >= 11 is 0. The van der Waals surface area contributed by atoms with Crippen LogP contribution in [0.2, 0.25) is 0 Å². The molecule has 0 heterocycles. The van der Waals surface area contributed by atoms with Crippen LogP contribution in [0.3, 0.4) is 0 Å². The predicted octanol–water partition coefficient (Wildman–Crippen LogP) is 5.27. The molecule has 1 nitrogen and oxygen atoms in total. The van der Waals surface area contributed by atoms with Gasteiger partial charge in [-0.3, -0.25) is 0 Å². The van der Waals surface area contributed by atoms with E-state index in [0.29, 0.717) is 11.2 Å². The van der Waals surface area contributed by atoms with Gasteiger partial charge >= 0.3 is 0 Å². The van der Waals surface area contributed by atoms with Crippen LogP contribution in [0.4, 0.5) is 0 Å². The van der Waals surface area contributed by atoms with Gasteiger partial charge in [-0.1, -0.05) is 39.7 Å². The maximum atomic E-state index is 9.70. The van der Waals surface area contributed by atoms with Crippen LogP contribution in [0.25, 0.3) is 0 Å². The summed E-state index contributed by atoms with van der Waals surface area (Å²) in [5, 5.41) is 9.70. The zero-order valence-corrected chi connectivity index (χ0v) is 13.2. The van der Waals surface area contributed by atoms with Gasteiger partial charge in [-0.15, -0.1) is 0 Å². The summed E-state index contributed by atoms with van der Waals surface area (Å²) in [5.74, 6) is 2.90. The normalized spacial score (nSPS) is 36.2. The number of hydrogen-bond donors (Lipinski definition) is 1. The number of rotatable bonds is 2. The Labute approximate surface area is 123 Å². The highest BCUT2D eigenvalue weighted by Crippen LogP contribution is 2.56. The molecule has 4 atom stereocenters. The van der Waals surface area contributed by atoms with Crippen molar-refractivity contribution in [2.45, 2.75) is 65.2 Å². The first-order valence-corrected chi connectivity index (χ1v) is 8.41. The van der Waals surface area contributed by atoms with Gasteiger partial charge in [-0.25, -0.2) is 0 Å². The average molecular weight is 272 g/mol. The highest BCUT2D eigenvalue weighted by Gasteiger charge is 2.46. The Hall–Kier alpha value is -0.980. The molecule has 1 fully saturated rings. The molecule has 0 amide bonds. The van der Waals surface area contributed by atoms with Crippen molar-refractivity contribution >= 4 is 0 Å². The zero-order chi connectivity index (χ0) is 14.3. The quantitative estimate of drug-likeness (QED) is 0.777. The van der Waals surface area contributed by atoms with E-state index in [9.17, 15) is 5.11 Å². The van der Waals surface area contributed by atoms with Crippen molar-refractivity contribution in [3.05, 3.63) is 29.3 Å². The third kappa shape index (κ3) is 2.06. The summed E-state index contributed by atoms with van der Waals surface area (Å²) in [6.45, 7) is 7.27. The highest BCUT2D eigenvalue weighted by atomic mass is 16.3. The van der Waals surface area contributed by atoms with Gasteiger partial charge in [-0.2, -0.15) is 0 Å². The summed E-state index contributed by atoms with van der Waals surface area (Å²) in [4.78, 5) is 0. The molecule has 0 spiro atoms. The Morgan fingerprint density at radius 1 is 1.25 bits per heavy atom. The van der Waals surface area contributed by atoms with E-state index in [2.05, 4.69) is 26.8 Å². The van der Waals surface area contributed by atoms with Crippen molar-refractivity contribution in [1.29, 1.82) is 0 Å². The molecule has 1 heteroatoms. The number of aromatic hydroxyl groups is 1. The molecule has 0 aliphatic heterocycles. The summed E-state index contributed by atoms with van der Waals surface area (Å²) in [6.07, 6.45) is 7.80. The van der Waals surface area contributed by atoms with Gasteiger partial charge < -0.3 is 5.11 Å². The average Bonchev–Trinajstić information content (AvgIpc) is 2.46. The van der Waals surface area contributed by atoms with Crippen LogP contribution in [0.5, 0.6) is 5.75 Å². The van der Waals surface area contributed by atoms with Gasteiger partial charge in [0.05, 0.1) is 0 Å². The lowest BCUT2D eigenvalue weighted by Crippen LogP contribution is -2.42. The molecule has 1 aromatic rings. The lowest BCUT2D eigenvalue weighted by Gasteiger charge is -2.52. The molecule has 1 N–H and O–H groups in total. The molecule has 0 radical (unpaired) electrons. The molecule has 20 heavy (non-hydrogen) atoms. The van der Waals surface area contributed by atoms with E-state index in [1.54, 1.807) is 0 Å². The fraction of sp³-hybridized carbons (Fsp3) is 0.684. The molecule has 1 aromatic carbocycles. The Morgan fingerprint density at radius 3 is 2.75 bits per heavy atom. The summed E-state index contributed by atoms with van der Waals surface area (Å²) in [7, 11) is 0. The summed E-state index contributed by atoms with van der Waals surface area (Å²) < 4.78 is 0. The van der Waals surface area contributed by atoms with Crippen LogP contribution in [0.1, 0.15) is 69.9 Å². The Morgan fingerprint density at radius 2 is 2.05 bits per heavy atom. The lowest BCUT2D eigenvalue weighted by molar-refractivity contribution is 0.0256. The first-order valence-electron chi connectivity index (χ1n) is 8.41. The second-order valence-corrected chi connectivity index (χ2v) is 7.25. The molecule has 3 rings (SSSR count). The zero-order valence-electron chi connectivity index (χ0n) is 13.2. The van der Waals surface area contributed by atoms with Crippen LogP contribution in [-0.2, 0) is 6.42 Å². The maximum absolute atomic E-state index is 9.70. The van der Waals surface area contributed by atoms with Gasteiger partial charge in [0.25, 0.3) is 0 Å². The molecule has 110 valence electrons. The standard InChI is InChI=1S/C19H28O/c1-4-18-17-8-6-13-12-14(20)7-9-15(13)16(17)10-11-19(18,3)5-2/h7,9,12,16-18,20H,4-6,8,10-11H2,1-3H3/t16?,17?,18?,19-/m0/s1. The van der Waals surface area contributed by atoms with E-state index >= 15 is 0 Å². The number of hydrogen-bond acceptors (Lipinski definition) is 1. The molecular formula is C19H28O. The largest absolute Gasteiger partial charge is 0.508 e. The lowest BCUT2D eigenvalue weighted by atomic mass is 9.53. The van der Waals surface area contributed by atoms with E-state index in [-0.39, 0.29) is 0 Å². The van der Waals surface area contributed by atoms with Gasteiger partial charge in [0.2, 0.25) is 0 Å². The van der Waals surface area contributed by atoms with Crippen LogP contribution < -0.4 is 0 Å². The molecule has 2 aliphatic rings. The third-order valence-corrected chi connectivity index (χ3v) is 6.48. The highest BCUT2D eigenvalue weighted by molar-refractivity contribution is 5.39. The van der Waals surface area contributed by atoms with Crippen molar-refractivity contribution in [3.8, 4) is 5.75 Å². The SMILES string of the molecule is CCC1C2CCc3cc(O)ccc3C2CC[C@]1(C)CC.